The molecule has 0 aromatic heterocycles. The lowest BCUT2D eigenvalue weighted by atomic mass is 9.99. The molecule has 0 spiro atoms. The SMILES string of the molecule is CCCCCCCCCCCCCCCCCC(=O)OC[C@H](COP(=O)(O)OC[C@@H](O)COP(=O)(O)OC[C@@H](COC(=O)CCCCCCCCCCC(C)CC)OC(=O)CCCCCCCCCCCC(C)C)OC(=O)CCCCCCCCCCCCCCCCCCCCC(C)C. The number of carbonyl (C=O) groups is 4. The molecule has 17 nitrogen and oxygen atoms in total. The van der Waals surface area contributed by atoms with Gasteiger partial charge in [0, 0.05) is 25.7 Å². The van der Waals surface area contributed by atoms with E-state index in [1.165, 1.54) is 231 Å². The van der Waals surface area contributed by atoms with Gasteiger partial charge in [-0.3, -0.25) is 37.3 Å². The molecule has 0 aromatic carbocycles. The summed E-state index contributed by atoms with van der Waals surface area (Å²) in [5, 5.41) is 10.6. The lowest BCUT2D eigenvalue weighted by Gasteiger charge is -2.21. The van der Waals surface area contributed by atoms with Gasteiger partial charge in [0.25, 0.3) is 0 Å². The van der Waals surface area contributed by atoms with E-state index in [2.05, 4.69) is 48.5 Å². The Bertz CT molecular complexity index is 1940. The molecule has 3 unspecified atom stereocenters. The molecule has 0 rings (SSSR count). The summed E-state index contributed by atoms with van der Waals surface area (Å²) in [6, 6.07) is 0. The van der Waals surface area contributed by atoms with Crippen molar-refractivity contribution in [1.29, 1.82) is 0 Å². The van der Waals surface area contributed by atoms with Gasteiger partial charge in [0.15, 0.2) is 12.2 Å². The van der Waals surface area contributed by atoms with Crippen LogP contribution in [0.25, 0.3) is 0 Å². The average molecular weight is 1470 g/mol. The smallest absolute Gasteiger partial charge is 0.462 e. The highest BCUT2D eigenvalue weighted by Crippen LogP contribution is 2.45. The molecular formula is C81H158O17P2. The standard InChI is InChI=1S/C81H158O17P2/c1-8-10-11-12-13-14-15-16-21-25-28-33-41-48-55-62-78(83)91-68-76(97-80(85)64-57-50-43-34-29-26-23-20-18-17-19-22-24-27-31-38-45-52-59-72(3)4)70-95-99(87,88)93-66-75(82)67-94-100(89,90)96-71-77(98-81(86)65-58-51-44-35-30-32-39-46-53-60-73(5)6)69-92-79(84)63-56-49-42-37-36-40-47-54-61-74(7)9-2/h72-77,82H,8-71H2,1-7H3,(H,87,88)(H,89,90)/t74?,75-,76-,77-/m1/s1. The van der Waals surface area contributed by atoms with E-state index in [0.717, 1.165) is 108 Å². The van der Waals surface area contributed by atoms with Crippen LogP contribution in [0.3, 0.4) is 0 Å². The summed E-state index contributed by atoms with van der Waals surface area (Å²) >= 11 is 0. The van der Waals surface area contributed by atoms with Gasteiger partial charge in [-0.05, 0) is 43.4 Å². The number of phosphoric ester groups is 2. The highest BCUT2D eigenvalue weighted by Gasteiger charge is 2.30. The van der Waals surface area contributed by atoms with Crippen LogP contribution in [0.1, 0.15) is 421 Å². The summed E-state index contributed by atoms with van der Waals surface area (Å²) in [6.07, 6.45) is 59.6. The van der Waals surface area contributed by atoms with Gasteiger partial charge < -0.3 is 33.8 Å². The molecule has 0 saturated heterocycles. The first-order valence-electron chi connectivity index (χ1n) is 41.9. The third-order valence-electron chi connectivity index (χ3n) is 19.2. The summed E-state index contributed by atoms with van der Waals surface area (Å²) in [6.45, 7) is 12.0. The van der Waals surface area contributed by atoms with Crippen molar-refractivity contribution in [3.8, 4) is 0 Å². The number of unbranched alkanes of at least 4 members (excludes halogenated alkanes) is 46. The van der Waals surface area contributed by atoms with Crippen molar-refractivity contribution in [1.82, 2.24) is 0 Å². The maximum absolute atomic E-state index is 13.1. The fraction of sp³-hybridized carbons (Fsp3) is 0.951. The molecule has 0 aliphatic carbocycles. The summed E-state index contributed by atoms with van der Waals surface area (Å²) < 4.78 is 68.7. The molecule has 19 heteroatoms. The Morgan fingerprint density at radius 3 is 0.760 bits per heavy atom. The second-order valence-electron chi connectivity index (χ2n) is 30.4. The summed E-state index contributed by atoms with van der Waals surface area (Å²) in [5.41, 5.74) is 0. The molecule has 100 heavy (non-hydrogen) atoms. The molecule has 6 atom stereocenters. The number of aliphatic hydroxyl groups is 1. The van der Waals surface area contributed by atoms with Gasteiger partial charge in [0.1, 0.15) is 19.3 Å². The Morgan fingerprint density at radius 1 is 0.290 bits per heavy atom. The van der Waals surface area contributed by atoms with Crippen molar-refractivity contribution in [3.05, 3.63) is 0 Å². The Morgan fingerprint density at radius 2 is 0.510 bits per heavy atom. The van der Waals surface area contributed by atoms with E-state index >= 15 is 0 Å². The minimum Gasteiger partial charge on any atom is -0.462 e. The Labute approximate surface area is 613 Å². The van der Waals surface area contributed by atoms with Crippen molar-refractivity contribution in [3.63, 3.8) is 0 Å². The zero-order valence-electron chi connectivity index (χ0n) is 65.7. The van der Waals surface area contributed by atoms with Crippen molar-refractivity contribution >= 4 is 39.5 Å². The van der Waals surface area contributed by atoms with Gasteiger partial charge in [0.05, 0.1) is 26.4 Å². The molecule has 0 aliphatic heterocycles. The van der Waals surface area contributed by atoms with Gasteiger partial charge in [-0.1, -0.05) is 370 Å². The van der Waals surface area contributed by atoms with Crippen LogP contribution in [-0.2, 0) is 65.4 Å². The van der Waals surface area contributed by atoms with E-state index in [4.69, 9.17) is 37.0 Å². The predicted octanol–water partition coefficient (Wildman–Crippen LogP) is 24.1. The van der Waals surface area contributed by atoms with Crippen LogP contribution in [0.15, 0.2) is 0 Å². The number of phosphoric acid groups is 2. The first-order valence-corrected chi connectivity index (χ1v) is 44.9. The van der Waals surface area contributed by atoms with Crippen LogP contribution in [-0.4, -0.2) is 96.7 Å². The molecular weight excluding hydrogens is 1310 g/mol. The Balaban J connectivity index is 5.23. The van der Waals surface area contributed by atoms with E-state index in [1.807, 2.05) is 0 Å². The van der Waals surface area contributed by atoms with E-state index < -0.39 is 97.5 Å². The molecule has 0 amide bonds. The van der Waals surface area contributed by atoms with Crippen molar-refractivity contribution in [2.24, 2.45) is 17.8 Å². The van der Waals surface area contributed by atoms with Crippen LogP contribution >= 0.6 is 15.6 Å². The lowest BCUT2D eigenvalue weighted by Crippen LogP contribution is -2.30. The fourth-order valence-electron chi connectivity index (χ4n) is 12.5. The zero-order valence-corrected chi connectivity index (χ0v) is 67.5. The first-order chi connectivity index (χ1) is 48.3. The lowest BCUT2D eigenvalue weighted by molar-refractivity contribution is -0.161. The van der Waals surface area contributed by atoms with Gasteiger partial charge in [-0.2, -0.15) is 0 Å². The van der Waals surface area contributed by atoms with Crippen molar-refractivity contribution in [2.75, 3.05) is 39.6 Å². The molecule has 0 aromatic rings. The van der Waals surface area contributed by atoms with Crippen LogP contribution in [0.5, 0.6) is 0 Å². The summed E-state index contributed by atoms with van der Waals surface area (Å²) in [7, 11) is -9.92. The maximum atomic E-state index is 13.1. The van der Waals surface area contributed by atoms with Gasteiger partial charge in [-0.15, -0.1) is 0 Å². The van der Waals surface area contributed by atoms with Crippen molar-refractivity contribution in [2.45, 2.75) is 439 Å². The number of esters is 4. The van der Waals surface area contributed by atoms with Crippen LogP contribution in [0.4, 0.5) is 0 Å². The molecule has 3 N–H and O–H groups in total. The largest absolute Gasteiger partial charge is 0.472 e. The monoisotopic (exact) mass is 1470 g/mol. The van der Waals surface area contributed by atoms with Crippen LogP contribution in [0, 0.1) is 17.8 Å². The minimum absolute atomic E-state index is 0.105. The third kappa shape index (κ3) is 73.0. The number of carbonyl (C=O) groups excluding carboxylic acids is 4. The number of hydrogen-bond donors (Lipinski definition) is 3. The topological polar surface area (TPSA) is 237 Å². The van der Waals surface area contributed by atoms with E-state index in [-0.39, 0.29) is 25.7 Å². The van der Waals surface area contributed by atoms with E-state index in [9.17, 15) is 43.2 Å². The second kappa shape index (κ2) is 71.3. The number of rotatable bonds is 79. The Kier molecular flexibility index (Phi) is 69.9. The minimum atomic E-state index is -4.96. The molecule has 0 saturated carbocycles. The van der Waals surface area contributed by atoms with Crippen LogP contribution < -0.4 is 0 Å². The summed E-state index contributed by atoms with van der Waals surface area (Å²) in [4.78, 5) is 73.0. The molecule has 0 bridgehead atoms. The molecule has 0 aliphatic rings. The second-order valence-corrected chi connectivity index (χ2v) is 33.3. The molecule has 594 valence electrons. The fourth-order valence-corrected chi connectivity index (χ4v) is 14.0. The van der Waals surface area contributed by atoms with E-state index in [0.29, 0.717) is 25.7 Å². The highest BCUT2D eigenvalue weighted by atomic mass is 31.2. The number of hydrogen-bond acceptors (Lipinski definition) is 15. The highest BCUT2D eigenvalue weighted by molar-refractivity contribution is 7.47. The predicted molar refractivity (Wildman–Crippen MR) is 409 cm³/mol. The van der Waals surface area contributed by atoms with E-state index in [1.54, 1.807) is 0 Å². The molecule has 0 heterocycles. The van der Waals surface area contributed by atoms with Crippen molar-refractivity contribution < 1.29 is 80.2 Å². The van der Waals surface area contributed by atoms with Crippen LogP contribution in [0.2, 0.25) is 0 Å². The average Bonchev–Trinajstić information content (AvgIpc) is 0.997. The number of aliphatic hydroxyl groups excluding tert-OH is 1. The molecule has 0 radical (unpaired) electrons. The van der Waals surface area contributed by atoms with Gasteiger partial charge >= 0.3 is 39.5 Å². The first kappa shape index (κ1) is 98.1. The molecule has 0 fully saturated rings. The third-order valence-corrected chi connectivity index (χ3v) is 21.1. The maximum Gasteiger partial charge on any atom is 0.472 e. The zero-order chi connectivity index (χ0) is 73.7. The van der Waals surface area contributed by atoms with Gasteiger partial charge in [-0.25, -0.2) is 9.13 Å². The quantitative estimate of drug-likeness (QED) is 0.0222. The van der Waals surface area contributed by atoms with Gasteiger partial charge in [0.2, 0.25) is 0 Å². The number of ether oxygens (including phenoxy) is 4. The Hall–Kier alpha value is -1.94. The normalized spacial score (nSPS) is 14.2. The summed E-state index contributed by atoms with van der Waals surface area (Å²) in [5.74, 6) is 0.223.